The standard InChI is InChI=1S/C12H17NO2S/c1-14-10-3-4-11(15-2)12-8(10)7-16-6-5-9(12)13/h3-4,9H,5-7,13H2,1-2H3/t9-/m1/s1. The van der Waals surface area contributed by atoms with Crippen molar-refractivity contribution < 1.29 is 9.47 Å². The molecule has 88 valence electrons. The van der Waals surface area contributed by atoms with E-state index in [4.69, 9.17) is 15.2 Å². The summed E-state index contributed by atoms with van der Waals surface area (Å²) in [5, 5.41) is 0. The molecule has 0 fully saturated rings. The molecule has 0 spiro atoms. The number of nitrogens with two attached hydrogens (primary N) is 1. The highest BCUT2D eigenvalue weighted by Crippen LogP contribution is 2.40. The Morgan fingerprint density at radius 1 is 1.25 bits per heavy atom. The molecule has 4 heteroatoms. The molecule has 1 aliphatic heterocycles. The molecule has 0 bridgehead atoms. The van der Waals surface area contributed by atoms with E-state index < -0.39 is 0 Å². The van der Waals surface area contributed by atoms with E-state index >= 15 is 0 Å². The first-order valence-corrected chi connectivity index (χ1v) is 6.50. The third-order valence-corrected chi connectivity index (χ3v) is 3.92. The monoisotopic (exact) mass is 239 g/mol. The molecule has 1 heterocycles. The van der Waals surface area contributed by atoms with Crippen LogP contribution in [0.2, 0.25) is 0 Å². The highest BCUT2D eigenvalue weighted by atomic mass is 32.2. The summed E-state index contributed by atoms with van der Waals surface area (Å²) in [6.45, 7) is 0. The van der Waals surface area contributed by atoms with E-state index in [9.17, 15) is 0 Å². The first-order valence-electron chi connectivity index (χ1n) is 5.35. The van der Waals surface area contributed by atoms with Crippen molar-refractivity contribution in [1.82, 2.24) is 0 Å². The molecular weight excluding hydrogens is 222 g/mol. The van der Waals surface area contributed by atoms with Crippen LogP contribution >= 0.6 is 11.8 Å². The third-order valence-electron chi connectivity index (χ3n) is 2.90. The van der Waals surface area contributed by atoms with Crippen molar-refractivity contribution in [3.63, 3.8) is 0 Å². The topological polar surface area (TPSA) is 44.5 Å². The largest absolute Gasteiger partial charge is 0.496 e. The van der Waals surface area contributed by atoms with Crippen LogP contribution in [0, 0.1) is 0 Å². The molecule has 1 aliphatic rings. The molecule has 2 rings (SSSR count). The number of ether oxygens (including phenoxy) is 2. The SMILES string of the molecule is COc1ccc(OC)c2c1CSCC[C@H]2N. The van der Waals surface area contributed by atoms with Crippen molar-refractivity contribution in [1.29, 1.82) is 0 Å². The molecule has 2 N–H and O–H groups in total. The smallest absolute Gasteiger partial charge is 0.124 e. The lowest BCUT2D eigenvalue weighted by Gasteiger charge is -2.18. The summed E-state index contributed by atoms with van der Waals surface area (Å²) in [6.07, 6.45) is 0.987. The van der Waals surface area contributed by atoms with Crippen molar-refractivity contribution in [2.24, 2.45) is 5.73 Å². The van der Waals surface area contributed by atoms with E-state index in [1.54, 1.807) is 14.2 Å². The van der Waals surface area contributed by atoms with Gasteiger partial charge in [-0.15, -0.1) is 0 Å². The summed E-state index contributed by atoms with van der Waals surface area (Å²) in [7, 11) is 3.38. The molecule has 0 aliphatic carbocycles. The minimum atomic E-state index is 0.0510. The molecule has 0 unspecified atom stereocenters. The molecular formula is C12H17NO2S. The molecule has 0 radical (unpaired) electrons. The quantitative estimate of drug-likeness (QED) is 0.860. The van der Waals surface area contributed by atoms with Crippen LogP contribution in [-0.4, -0.2) is 20.0 Å². The van der Waals surface area contributed by atoms with Crippen LogP contribution in [0.3, 0.4) is 0 Å². The average molecular weight is 239 g/mol. The number of benzene rings is 1. The summed E-state index contributed by atoms with van der Waals surface area (Å²) in [5.74, 6) is 3.83. The van der Waals surface area contributed by atoms with Crippen LogP contribution < -0.4 is 15.2 Å². The Morgan fingerprint density at radius 3 is 2.62 bits per heavy atom. The van der Waals surface area contributed by atoms with E-state index in [1.807, 2.05) is 23.9 Å². The minimum absolute atomic E-state index is 0.0510. The molecule has 16 heavy (non-hydrogen) atoms. The Morgan fingerprint density at radius 2 is 1.94 bits per heavy atom. The van der Waals surface area contributed by atoms with Gasteiger partial charge in [0, 0.05) is 22.9 Å². The second-order valence-electron chi connectivity index (χ2n) is 3.81. The maximum atomic E-state index is 6.20. The van der Waals surface area contributed by atoms with Crippen LogP contribution in [0.4, 0.5) is 0 Å². The van der Waals surface area contributed by atoms with E-state index in [0.717, 1.165) is 35.0 Å². The van der Waals surface area contributed by atoms with Gasteiger partial charge in [-0.1, -0.05) is 0 Å². The van der Waals surface area contributed by atoms with E-state index in [-0.39, 0.29) is 6.04 Å². The maximum absolute atomic E-state index is 6.20. The molecule has 0 saturated heterocycles. The van der Waals surface area contributed by atoms with Gasteiger partial charge >= 0.3 is 0 Å². The highest BCUT2D eigenvalue weighted by molar-refractivity contribution is 7.98. The lowest BCUT2D eigenvalue weighted by atomic mass is 9.98. The molecule has 3 nitrogen and oxygen atoms in total. The molecule has 0 aromatic heterocycles. The number of hydrogen-bond acceptors (Lipinski definition) is 4. The molecule has 1 aromatic carbocycles. The van der Waals surface area contributed by atoms with E-state index in [0.29, 0.717) is 0 Å². The zero-order chi connectivity index (χ0) is 11.5. The van der Waals surface area contributed by atoms with Crippen LogP contribution in [0.5, 0.6) is 11.5 Å². The Bertz CT molecular complexity index is 382. The van der Waals surface area contributed by atoms with Gasteiger partial charge in [-0.05, 0) is 24.3 Å². The fraction of sp³-hybridized carbons (Fsp3) is 0.500. The third kappa shape index (κ3) is 1.99. The summed E-state index contributed by atoms with van der Waals surface area (Å²) in [5.41, 5.74) is 8.51. The van der Waals surface area contributed by atoms with Gasteiger partial charge in [-0.2, -0.15) is 11.8 Å². The Kier molecular flexibility index (Phi) is 3.61. The van der Waals surface area contributed by atoms with E-state index in [1.165, 1.54) is 5.56 Å². The second-order valence-corrected chi connectivity index (χ2v) is 4.92. The lowest BCUT2D eigenvalue weighted by molar-refractivity contribution is 0.392. The van der Waals surface area contributed by atoms with Gasteiger partial charge in [0.05, 0.1) is 14.2 Å². The summed E-state index contributed by atoms with van der Waals surface area (Å²) in [4.78, 5) is 0. The average Bonchev–Trinajstić information content (AvgIpc) is 2.51. The molecule has 1 aromatic rings. The highest BCUT2D eigenvalue weighted by Gasteiger charge is 2.22. The summed E-state index contributed by atoms with van der Waals surface area (Å²) < 4.78 is 10.8. The van der Waals surface area contributed by atoms with Gasteiger partial charge < -0.3 is 15.2 Å². The van der Waals surface area contributed by atoms with Gasteiger partial charge in [-0.3, -0.25) is 0 Å². The first-order chi connectivity index (χ1) is 7.77. The van der Waals surface area contributed by atoms with Crippen molar-refractivity contribution in [3.05, 3.63) is 23.3 Å². The summed E-state index contributed by atoms with van der Waals surface area (Å²) >= 11 is 1.90. The van der Waals surface area contributed by atoms with Gasteiger partial charge in [-0.25, -0.2) is 0 Å². The van der Waals surface area contributed by atoms with Gasteiger partial charge in [0.2, 0.25) is 0 Å². The minimum Gasteiger partial charge on any atom is -0.496 e. The maximum Gasteiger partial charge on any atom is 0.124 e. The second kappa shape index (κ2) is 4.97. The number of rotatable bonds is 2. The number of fused-ring (bicyclic) bond motifs is 1. The van der Waals surface area contributed by atoms with Gasteiger partial charge in [0.15, 0.2) is 0 Å². The predicted octanol–water partition coefficient (Wildman–Crippen LogP) is 2.34. The fourth-order valence-electron chi connectivity index (χ4n) is 2.08. The zero-order valence-corrected chi connectivity index (χ0v) is 10.5. The van der Waals surface area contributed by atoms with Crippen LogP contribution in [0.15, 0.2) is 12.1 Å². The fourth-order valence-corrected chi connectivity index (χ4v) is 3.14. The van der Waals surface area contributed by atoms with Crippen LogP contribution in [0.25, 0.3) is 0 Å². The number of thioether (sulfide) groups is 1. The van der Waals surface area contributed by atoms with Crippen LogP contribution in [-0.2, 0) is 5.75 Å². The van der Waals surface area contributed by atoms with Crippen molar-refractivity contribution >= 4 is 11.8 Å². The predicted molar refractivity (Wildman–Crippen MR) is 67.3 cm³/mol. The molecule has 1 atom stereocenters. The first kappa shape index (κ1) is 11.6. The normalized spacial score (nSPS) is 19.8. The van der Waals surface area contributed by atoms with Crippen molar-refractivity contribution in [2.75, 3.05) is 20.0 Å². The Labute approximate surface area is 100 Å². The summed E-state index contributed by atoms with van der Waals surface area (Å²) in [6, 6.07) is 3.94. The molecule has 0 saturated carbocycles. The van der Waals surface area contributed by atoms with Gasteiger partial charge in [0.25, 0.3) is 0 Å². The van der Waals surface area contributed by atoms with Crippen molar-refractivity contribution in [3.8, 4) is 11.5 Å². The lowest BCUT2D eigenvalue weighted by Crippen LogP contribution is -2.13. The van der Waals surface area contributed by atoms with Crippen LogP contribution in [0.1, 0.15) is 23.6 Å². The number of methoxy groups -OCH3 is 2. The van der Waals surface area contributed by atoms with E-state index in [2.05, 4.69) is 0 Å². The Hall–Kier alpha value is -0.870. The van der Waals surface area contributed by atoms with Gasteiger partial charge in [0.1, 0.15) is 11.5 Å². The number of hydrogen-bond donors (Lipinski definition) is 1. The molecule has 0 amide bonds. The van der Waals surface area contributed by atoms with Crippen molar-refractivity contribution in [2.45, 2.75) is 18.2 Å². The zero-order valence-electron chi connectivity index (χ0n) is 9.66. The Balaban J connectivity index is 2.56.